The molecule has 33 heavy (non-hydrogen) atoms. The molecular formula is C28H32NO3S. The Balaban J connectivity index is 1.51. The fraction of sp³-hybridized carbons (Fsp3) is 0.393. The molecule has 0 amide bonds. The van der Waals surface area contributed by atoms with Crippen LogP contribution in [0.5, 0.6) is 0 Å². The lowest BCUT2D eigenvalue weighted by molar-refractivity contribution is 0.528. The largest absolute Gasteiger partial charge is 0.330 e. The molecule has 0 aliphatic carbocycles. The lowest BCUT2D eigenvalue weighted by atomic mass is 9.94. The molecule has 0 aromatic heterocycles. The van der Waals surface area contributed by atoms with Gasteiger partial charge in [0.2, 0.25) is 6.29 Å². The highest BCUT2D eigenvalue weighted by atomic mass is 32.2. The van der Waals surface area contributed by atoms with Gasteiger partial charge in [-0.2, -0.15) is 0 Å². The normalized spacial score (nSPS) is 13.2. The summed E-state index contributed by atoms with van der Waals surface area (Å²) in [5, 5.41) is 4.76. The zero-order valence-electron chi connectivity index (χ0n) is 19.1. The average Bonchev–Trinajstić information content (AvgIpc) is 2.83. The van der Waals surface area contributed by atoms with E-state index in [0.29, 0.717) is 18.2 Å². The molecule has 0 fully saturated rings. The second-order valence-corrected chi connectivity index (χ2v) is 11.1. The molecule has 0 aliphatic rings. The summed E-state index contributed by atoms with van der Waals surface area (Å²) in [4.78, 5) is 12.0. The summed E-state index contributed by atoms with van der Waals surface area (Å²) >= 11 is 0. The van der Waals surface area contributed by atoms with Crippen LogP contribution >= 0.6 is 0 Å². The second-order valence-electron chi connectivity index (χ2n) is 8.98. The standard InChI is InChI=1S/C28H32NO3S/c29-19-8-6-4-2-1-3-5-7-12-24(20-30)33(31,32)26-18-16-23-14-13-21-10-9-11-22-15-17-25(26)28(23)27(21)22/h9-11,13-18,24H,1-8,12,19,29H2. The maximum Gasteiger partial charge on any atom is 0.218 e. The lowest BCUT2D eigenvalue weighted by Crippen LogP contribution is -2.23. The van der Waals surface area contributed by atoms with Gasteiger partial charge in [-0.15, -0.1) is 0 Å². The number of sulfone groups is 1. The fourth-order valence-corrected chi connectivity index (χ4v) is 6.57. The van der Waals surface area contributed by atoms with Gasteiger partial charge in [-0.1, -0.05) is 93.5 Å². The average molecular weight is 463 g/mol. The number of carbonyl (C=O) groups excluding carboxylic acids is 1. The number of hydrogen-bond acceptors (Lipinski definition) is 4. The molecule has 4 nitrogen and oxygen atoms in total. The summed E-state index contributed by atoms with van der Waals surface area (Å²) in [7, 11) is -3.82. The van der Waals surface area contributed by atoms with Gasteiger partial charge >= 0.3 is 0 Å². The van der Waals surface area contributed by atoms with E-state index in [4.69, 9.17) is 5.73 Å². The predicted molar refractivity (Wildman–Crippen MR) is 137 cm³/mol. The zero-order valence-corrected chi connectivity index (χ0v) is 19.9. The van der Waals surface area contributed by atoms with Crippen molar-refractivity contribution in [3.8, 4) is 0 Å². The summed E-state index contributed by atoms with van der Waals surface area (Å²) in [6, 6.07) is 17.6. The van der Waals surface area contributed by atoms with E-state index in [1.807, 2.05) is 48.8 Å². The van der Waals surface area contributed by atoms with Gasteiger partial charge < -0.3 is 5.73 Å². The first-order chi connectivity index (χ1) is 16.1. The Morgan fingerprint density at radius 2 is 1.24 bits per heavy atom. The van der Waals surface area contributed by atoms with Gasteiger partial charge in [-0.25, -0.2) is 8.42 Å². The van der Waals surface area contributed by atoms with E-state index in [1.165, 1.54) is 19.3 Å². The van der Waals surface area contributed by atoms with Crippen molar-refractivity contribution in [2.75, 3.05) is 6.54 Å². The third-order valence-corrected chi connectivity index (χ3v) is 8.77. The van der Waals surface area contributed by atoms with E-state index < -0.39 is 15.1 Å². The van der Waals surface area contributed by atoms with Crippen molar-refractivity contribution in [2.24, 2.45) is 5.73 Å². The Kier molecular flexibility index (Phi) is 7.61. The predicted octanol–water partition coefficient (Wildman–Crippen LogP) is 6.31. The van der Waals surface area contributed by atoms with Gasteiger partial charge in [0, 0.05) is 5.39 Å². The highest BCUT2D eigenvalue weighted by Gasteiger charge is 2.29. The molecule has 4 aromatic carbocycles. The van der Waals surface area contributed by atoms with E-state index in [0.717, 1.165) is 59.2 Å². The molecule has 0 spiro atoms. The number of hydrogen-bond donors (Lipinski definition) is 1. The smallest absolute Gasteiger partial charge is 0.218 e. The van der Waals surface area contributed by atoms with Crippen LogP contribution in [0.2, 0.25) is 0 Å². The number of benzene rings is 4. The molecule has 0 bridgehead atoms. The third-order valence-electron chi connectivity index (χ3n) is 6.72. The Labute approximate surface area is 196 Å². The number of unbranched alkanes of at least 4 members (excludes halogenated alkanes) is 7. The van der Waals surface area contributed by atoms with E-state index in [9.17, 15) is 13.2 Å². The SMILES string of the molecule is NCCCCCCCCCCC([C]=O)S(=O)(=O)c1ccc2ccc3cccc4ccc1c2c34. The van der Waals surface area contributed by atoms with Crippen LogP contribution in [-0.4, -0.2) is 26.5 Å². The van der Waals surface area contributed by atoms with Crippen LogP contribution in [0.1, 0.15) is 57.8 Å². The van der Waals surface area contributed by atoms with Crippen LogP contribution in [-0.2, 0) is 14.6 Å². The molecule has 4 aromatic rings. The minimum Gasteiger partial charge on any atom is -0.330 e. The summed E-state index contributed by atoms with van der Waals surface area (Å²) < 4.78 is 27.0. The van der Waals surface area contributed by atoms with Crippen LogP contribution in [0.3, 0.4) is 0 Å². The molecule has 1 unspecified atom stereocenters. The lowest BCUT2D eigenvalue weighted by Gasteiger charge is -2.16. The van der Waals surface area contributed by atoms with E-state index in [2.05, 4.69) is 6.07 Å². The quantitative estimate of drug-likeness (QED) is 0.187. The fourth-order valence-electron chi connectivity index (χ4n) is 4.92. The van der Waals surface area contributed by atoms with Gasteiger partial charge in [-0.05, 0) is 52.4 Å². The first-order valence-electron chi connectivity index (χ1n) is 12.1. The Morgan fingerprint density at radius 1 is 0.697 bits per heavy atom. The second kappa shape index (κ2) is 10.6. The van der Waals surface area contributed by atoms with Crippen LogP contribution in [0.25, 0.3) is 32.3 Å². The zero-order chi connectivity index (χ0) is 23.3. The van der Waals surface area contributed by atoms with Crippen LogP contribution in [0.15, 0.2) is 59.5 Å². The third kappa shape index (κ3) is 4.90. The van der Waals surface area contributed by atoms with Gasteiger partial charge in [0.1, 0.15) is 5.25 Å². The number of rotatable bonds is 13. The van der Waals surface area contributed by atoms with Crippen molar-refractivity contribution in [1.82, 2.24) is 0 Å². The maximum absolute atomic E-state index is 13.5. The summed E-state index contributed by atoms with van der Waals surface area (Å²) in [6.07, 6.45) is 10.7. The van der Waals surface area contributed by atoms with Gasteiger partial charge in [-0.3, -0.25) is 4.79 Å². The molecule has 0 saturated heterocycles. The van der Waals surface area contributed by atoms with Crippen molar-refractivity contribution in [1.29, 1.82) is 0 Å². The van der Waals surface area contributed by atoms with Crippen molar-refractivity contribution in [3.63, 3.8) is 0 Å². The molecule has 1 radical (unpaired) electrons. The van der Waals surface area contributed by atoms with Crippen LogP contribution < -0.4 is 5.73 Å². The molecule has 2 N–H and O–H groups in total. The van der Waals surface area contributed by atoms with E-state index in [1.54, 1.807) is 6.07 Å². The highest BCUT2D eigenvalue weighted by Crippen LogP contribution is 2.38. The number of nitrogens with two attached hydrogens (primary N) is 1. The Hall–Kier alpha value is -2.50. The topological polar surface area (TPSA) is 77.2 Å². The molecule has 0 saturated carbocycles. The van der Waals surface area contributed by atoms with Crippen LogP contribution in [0, 0.1) is 0 Å². The Morgan fingerprint density at radius 3 is 1.88 bits per heavy atom. The van der Waals surface area contributed by atoms with Crippen LogP contribution in [0.4, 0.5) is 0 Å². The molecule has 0 aliphatic heterocycles. The van der Waals surface area contributed by atoms with E-state index in [-0.39, 0.29) is 4.90 Å². The molecular weight excluding hydrogens is 430 g/mol. The minimum absolute atomic E-state index is 0.238. The molecule has 0 heterocycles. The highest BCUT2D eigenvalue weighted by molar-refractivity contribution is 7.93. The first-order valence-corrected chi connectivity index (χ1v) is 13.6. The first kappa shape index (κ1) is 23.7. The van der Waals surface area contributed by atoms with Crippen molar-refractivity contribution in [3.05, 3.63) is 54.6 Å². The van der Waals surface area contributed by atoms with Crippen molar-refractivity contribution in [2.45, 2.75) is 67.9 Å². The summed E-state index contributed by atoms with van der Waals surface area (Å²) in [5.41, 5.74) is 5.52. The van der Waals surface area contributed by atoms with Crippen molar-refractivity contribution >= 4 is 48.4 Å². The molecule has 1 atom stereocenters. The molecule has 173 valence electrons. The maximum atomic E-state index is 13.5. The monoisotopic (exact) mass is 462 g/mol. The van der Waals surface area contributed by atoms with Crippen molar-refractivity contribution < 1.29 is 13.2 Å². The van der Waals surface area contributed by atoms with Gasteiger partial charge in [0.25, 0.3) is 0 Å². The summed E-state index contributed by atoms with van der Waals surface area (Å²) in [5.74, 6) is 0. The molecule has 4 rings (SSSR count). The molecule has 5 heteroatoms. The summed E-state index contributed by atoms with van der Waals surface area (Å²) in [6.45, 7) is 0.754. The van der Waals surface area contributed by atoms with Gasteiger partial charge in [0.15, 0.2) is 9.84 Å². The van der Waals surface area contributed by atoms with E-state index >= 15 is 0 Å². The van der Waals surface area contributed by atoms with Gasteiger partial charge in [0.05, 0.1) is 4.90 Å². The Bertz CT molecular complexity index is 1310. The minimum atomic E-state index is -3.82.